The molecule has 0 fully saturated rings. The predicted molar refractivity (Wildman–Crippen MR) is 87.1 cm³/mol. The van der Waals surface area contributed by atoms with Gasteiger partial charge in [-0.25, -0.2) is 14.6 Å². The topological polar surface area (TPSA) is 43.6 Å². The molecule has 3 rings (SSSR count). The number of benzene rings is 1. The van der Waals surface area contributed by atoms with E-state index in [0.717, 1.165) is 22.3 Å². The minimum Gasteiger partial charge on any atom is -0.245 e. The van der Waals surface area contributed by atoms with Gasteiger partial charge in [-0.15, -0.1) is 16.4 Å². The van der Waals surface area contributed by atoms with Crippen molar-refractivity contribution in [3.63, 3.8) is 0 Å². The van der Waals surface area contributed by atoms with E-state index in [1.54, 1.807) is 34.1 Å². The molecule has 0 aliphatic rings. The van der Waals surface area contributed by atoms with E-state index in [1.165, 1.54) is 5.01 Å². The fraction of sp³-hybridized carbons (Fsp3) is 0.267. The van der Waals surface area contributed by atoms with E-state index in [4.69, 9.17) is 0 Å². The lowest BCUT2D eigenvalue weighted by Crippen LogP contribution is -1.93. The smallest absolute Gasteiger partial charge is 0.209 e. The highest BCUT2D eigenvalue weighted by atomic mass is 32.2. The lowest BCUT2D eigenvalue weighted by molar-refractivity contribution is 0.833. The van der Waals surface area contributed by atoms with Crippen LogP contribution in [0.4, 0.5) is 0 Å². The van der Waals surface area contributed by atoms with Crippen LogP contribution in [-0.2, 0) is 5.75 Å². The van der Waals surface area contributed by atoms with E-state index in [0.29, 0.717) is 5.92 Å². The van der Waals surface area contributed by atoms with Crippen LogP contribution in [0.25, 0.3) is 5.69 Å². The van der Waals surface area contributed by atoms with Gasteiger partial charge in [0.25, 0.3) is 0 Å². The van der Waals surface area contributed by atoms with Crippen molar-refractivity contribution >= 4 is 23.1 Å². The third kappa shape index (κ3) is 3.51. The normalized spacial score (nSPS) is 11.2. The molecule has 1 aromatic carbocycles. The third-order valence-electron chi connectivity index (χ3n) is 2.90. The number of para-hydroxylation sites is 1. The van der Waals surface area contributed by atoms with Gasteiger partial charge in [0.05, 0.1) is 16.4 Å². The monoisotopic (exact) mass is 316 g/mol. The average molecular weight is 316 g/mol. The van der Waals surface area contributed by atoms with Gasteiger partial charge in [-0.2, -0.15) is 0 Å². The first kappa shape index (κ1) is 14.3. The highest BCUT2D eigenvalue weighted by molar-refractivity contribution is 7.98. The second-order valence-electron chi connectivity index (χ2n) is 4.93. The summed E-state index contributed by atoms with van der Waals surface area (Å²) in [6.07, 6.45) is 1.75. The van der Waals surface area contributed by atoms with Crippen LogP contribution in [0.1, 0.15) is 30.5 Å². The van der Waals surface area contributed by atoms with E-state index in [1.807, 2.05) is 30.3 Å². The lowest BCUT2D eigenvalue weighted by atomic mass is 10.2. The van der Waals surface area contributed by atoms with Gasteiger partial charge in [-0.05, 0) is 12.1 Å². The van der Waals surface area contributed by atoms with Gasteiger partial charge in [0, 0.05) is 17.1 Å². The van der Waals surface area contributed by atoms with Crippen LogP contribution in [-0.4, -0.2) is 19.7 Å². The SMILES string of the molecule is CC(C)c1nc(CSc2ncn(-c3ccccc3)n2)cs1. The summed E-state index contributed by atoms with van der Waals surface area (Å²) in [4.78, 5) is 8.97. The molecule has 0 aliphatic carbocycles. The molecule has 0 saturated heterocycles. The first-order chi connectivity index (χ1) is 10.2. The number of nitrogens with zero attached hydrogens (tertiary/aromatic N) is 4. The Hall–Kier alpha value is -1.66. The molecule has 0 spiro atoms. The van der Waals surface area contributed by atoms with E-state index in [9.17, 15) is 0 Å². The Labute approximate surface area is 132 Å². The summed E-state index contributed by atoms with van der Waals surface area (Å²) >= 11 is 3.34. The number of thioether (sulfide) groups is 1. The van der Waals surface area contributed by atoms with Crippen LogP contribution in [0, 0.1) is 0 Å². The molecular formula is C15H16N4S2. The standard InChI is InChI=1S/C15H16N4S2/c1-11(2)14-17-12(8-20-14)9-21-15-16-10-19(18-15)13-6-4-3-5-7-13/h3-8,10-11H,9H2,1-2H3. The summed E-state index contributed by atoms with van der Waals surface area (Å²) in [6.45, 7) is 4.33. The van der Waals surface area contributed by atoms with E-state index in [2.05, 4.69) is 34.3 Å². The fourth-order valence-corrected chi connectivity index (χ4v) is 3.44. The summed E-state index contributed by atoms with van der Waals surface area (Å²) < 4.78 is 1.79. The van der Waals surface area contributed by atoms with Crippen molar-refractivity contribution in [2.24, 2.45) is 0 Å². The highest BCUT2D eigenvalue weighted by Gasteiger charge is 2.08. The number of aromatic nitrogens is 4. The summed E-state index contributed by atoms with van der Waals surface area (Å²) in [6, 6.07) is 10.0. The van der Waals surface area contributed by atoms with Gasteiger partial charge < -0.3 is 0 Å². The van der Waals surface area contributed by atoms with Crippen LogP contribution in [0.5, 0.6) is 0 Å². The first-order valence-corrected chi connectivity index (χ1v) is 8.63. The summed E-state index contributed by atoms with van der Waals surface area (Å²) in [5, 5.41) is 8.57. The third-order valence-corrected chi connectivity index (χ3v) is 4.98. The molecule has 0 N–H and O–H groups in total. The lowest BCUT2D eigenvalue weighted by Gasteiger charge is -1.98. The minimum atomic E-state index is 0.490. The second-order valence-corrected chi connectivity index (χ2v) is 6.76. The maximum Gasteiger partial charge on any atom is 0.209 e. The molecule has 4 nitrogen and oxygen atoms in total. The number of rotatable bonds is 5. The molecular weight excluding hydrogens is 300 g/mol. The summed E-state index contributed by atoms with van der Waals surface area (Å²) in [5.41, 5.74) is 2.12. The maximum absolute atomic E-state index is 4.63. The Kier molecular flexibility index (Phi) is 4.36. The predicted octanol–water partition coefficient (Wildman–Crippen LogP) is 4.14. The van der Waals surface area contributed by atoms with Crippen molar-refractivity contribution in [3.05, 3.63) is 52.7 Å². The van der Waals surface area contributed by atoms with Gasteiger partial charge in [-0.1, -0.05) is 43.8 Å². The van der Waals surface area contributed by atoms with Gasteiger partial charge in [0.1, 0.15) is 6.33 Å². The molecule has 6 heteroatoms. The van der Waals surface area contributed by atoms with Crippen LogP contribution in [0.15, 0.2) is 47.2 Å². The molecule has 0 radical (unpaired) electrons. The van der Waals surface area contributed by atoms with Crippen LogP contribution in [0.2, 0.25) is 0 Å². The average Bonchev–Trinajstić information content (AvgIpc) is 3.15. The number of hydrogen-bond acceptors (Lipinski definition) is 5. The molecule has 21 heavy (non-hydrogen) atoms. The van der Waals surface area contributed by atoms with Crippen LogP contribution in [0.3, 0.4) is 0 Å². The van der Waals surface area contributed by atoms with Crippen molar-refractivity contribution < 1.29 is 0 Å². The zero-order valence-corrected chi connectivity index (χ0v) is 13.6. The quantitative estimate of drug-likeness (QED) is 0.664. The number of hydrogen-bond donors (Lipinski definition) is 0. The van der Waals surface area contributed by atoms with Gasteiger partial charge in [0.2, 0.25) is 5.16 Å². The zero-order chi connectivity index (χ0) is 14.7. The molecule has 0 saturated carbocycles. The van der Waals surface area contributed by atoms with Gasteiger partial charge in [-0.3, -0.25) is 0 Å². The molecule has 3 aromatic rings. The van der Waals surface area contributed by atoms with Crippen molar-refractivity contribution in [3.8, 4) is 5.69 Å². The Morgan fingerprint density at radius 2 is 2.05 bits per heavy atom. The molecule has 0 aliphatic heterocycles. The Morgan fingerprint density at radius 3 is 2.76 bits per heavy atom. The van der Waals surface area contributed by atoms with Crippen molar-refractivity contribution in [2.75, 3.05) is 0 Å². The highest BCUT2D eigenvalue weighted by Crippen LogP contribution is 2.24. The Bertz CT molecular complexity index is 703. The zero-order valence-electron chi connectivity index (χ0n) is 11.9. The van der Waals surface area contributed by atoms with E-state index >= 15 is 0 Å². The fourth-order valence-electron chi connectivity index (χ4n) is 1.81. The van der Waals surface area contributed by atoms with Gasteiger partial charge >= 0.3 is 0 Å². The van der Waals surface area contributed by atoms with Crippen molar-refractivity contribution in [2.45, 2.75) is 30.7 Å². The molecule has 0 atom stereocenters. The second kappa shape index (κ2) is 6.41. The summed E-state index contributed by atoms with van der Waals surface area (Å²) in [5.74, 6) is 1.30. The summed E-state index contributed by atoms with van der Waals surface area (Å²) in [7, 11) is 0. The largest absolute Gasteiger partial charge is 0.245 e. The van der Waals surface area contributed by atoms with Crippen LogP contribution < -0.4 is 0 Å². The Morgan fingerprint density at radius 1 is 1.24 bits per heavy atom. The maximum atomic E-state index is 4.63. The molecule has 0 amide bonds. The molecule has 0 bridgehead atoms. The van der Waals surface area contributed by atoms with Crippen molar-refractivity contribution in [1.82, 2.24) is 19.7 Å². The van der Waals surface area contributed by atoms with E-state index < -0.39 is 0 Å². The number of thiazole rings is 1. The molecule has 0 unspecified atom stereocenters. The van der Waals surface area contributed by atoms with Crippen molar-refractivity contribution in [1.29, 1.82) is 0 Å². The Balaban J connectivity index is 1.65. The molecule has 108 valence electrons. The molecule has 2 heterocycles. The van der Waals surface area contributed by atoms with E-state index in [-0.39, 0.29) is 0 Å². The van der Waals surface area contributed by atoms with Gasteiger partial charge in [0.15, 0.2) is 0 Å². The molecule has 2 aromatic heterocycles. The van der Waals surface area contributed by atoms with Crippen LogP contribution >= 0.6 is 23.1 Å². The first-order valence-electron chi connectivity index (χ1n) is 6.76. The minimum absolute atomic E-state index is 0.490.